The molecule has 3 heterocycles. The molecule has 3 saturated heterocycles. The molecular weight excluding hydrogens is 546 g/mol. The number of carbonyl (C=O) groups excluding carboxylic acids is 1. The average Bonchev–Trinajstić information content (AvgIpc) is 3.01. The van der Waals surface area contributed by atoms with Crippen LogP contribution >= 0.6 is 11.6 Å². The van der Waals surface area contributed by atoms with Gasteiger partial charge in [-0.3, -0.25) is 4.79 Å². The Labute approximate surface area is 248 Å². The molecule has 226 valence electrons. The number of methoxy groups -OCH3 is 2. The number of benzene rings is 1. The minimum atomic E-state index is -0.234. The van der Waals surface area contributed by atoms with E-state index >= 15 is 0 Å². The van der Waals surface area contributed by atoms with Crippen LogP contribution in [0.15, 0.2) is 53.0 Å². The summed E-state index contributed by atoms with van der Waals surface area (Å²) >= 11 is 6.05. The second-order valence-electron chi connectivity index (χ2n) is 10.7. The SMILES string of the molecule is C=C(NC[C@@H]1CCC[C@H](c2ccc(Cl)cc2)O1)/C(OC)=C(\N=CN)C(=O)N1CCC(N[C@H]2CCOCC2OC)CC1. The number of nitrogens with one attached hydrogen (secondary N) is 2. The lowest BCUT2D eigenvalue weighted by Gasteiger charge is -2.38. The molecule has 4 atom stereocenters. The van der Waals surface area contributed by atoms with Crippen LogP contribution in [0.1, 0.15) is 50.2 Å². The topological polar surface area (TPSA) is 120 Å². The fourth-order valence-corrected chi connectivity index (χ4v) is 5.90. The van der Waals surface area contributed by atoms with Crippen molar-refractivity contribution >= 4 is 23.8 Å². The van der Waals surface area contributed by atoms with E-state index in [1.807, 2.05) is 24.3 Å². The highest BCUT2D eigenvalue weighted by atomic mass is 35.5. The summed E-state index contributed by atoms with van der Waals surface area (Å²) in [7, 11) is 3.23. The zero-order chi connectivity index (χ0) is 29.2. The zero-order valence-electron chi connectivity index (χ0n) is 24.1. The van der Waals surface area contributed by atoms with Crippen molar-refractivity contribution < 1.29 is 23.7 Å². The fraction of sp³-hybridized carbons (Fsp3) is 0.600. The van der Waals surface area contributed by atoms with Gasteiger partial charge in [0.2, 0.25) is 0 Å². The van der Waals surface area contributed by atoms with Crippen LogP contribution in [0.3, 0.4) is 0 Å². The van der Waals surface area contributed by atoms with Gasteiger partial charge in [0, 0.05) is 50.5 Å². The molecule has 0 bridgehead atoms. The van der Waals surface area contributed by atoms with Gasteiger partial charge in [-0.1, -0.05) is 30.3 Å². The predicted molar refractivity (Wildman–Crippen MR) is 160 cm³/mol. The molecule has 3 aliphatic rings. The van der Waals surface area contributed by atoms with Gasteiger partial charge >= 0.3 is 0 Å². The van der Waals surface area contributed by atoms with Crippen LogP contribution in [0, 0.1) is 0 Å². The zero-order valence-corrected chi connectivity index (χ0v) is 24.9. The first-order valence-electron chi connectivity index (χ1n) is 14.5. The van der Waals surface area contributed by atoms with E-state index in [9.17, 15) is 4.79 Å². The molecule has 10 nitrogen and oxygen atoms in total. The standard InChI is InChI=1S/C30H44ClN5O5/c1-20(33-17-24-5-4-6-26(41-24)21-7-9-22(31)10-8-21)29(39-3)28(34-19-32)30(37)36-14-11-23(12-15-36)35-25-13-16-40-18-27(25)38-2/h7-10,19,23-27,33,35H,1,4-6,11-18H2,2-3H3,(H2,32,34)/b29-28+/t24-,25-,26+,27?/m0/s1. The third kappa shape index (κ3) is 8.45. The first kappa shape index (κ1) is 31.3. The Morgan fingerprint density at radius 3 is 2.63 bits per heavy atom. The maximum absolute atomic E-state index is 13.6. The highest BCUT2D eigenvalue weighted by Gasteiger charge is 2.32. The number of likely N-dealkylation sites (tertiary alicyclic amines) is 1. The minimum Gasteiger partial charge on any atom is -0.492 e. The highest BCUT2D eigenvalue weighted by molar-refractivity contribution is 6.30. The Hall–Kier alpha value is -2.63. The summed E-state index contributed by atoms with van der Waals surface area (Å²) in [5.41, 5.74) is 7.36. The number of amides is 1. The molecule has 3 aliphatic heterocycles. The van der Waals surface area contributed by atoms with E-state index in [2.05, 4.69) is 22.2 Å². The number of nitrogens with two attached hydrogens (primary N) is 1. The molecule has 0 aliphatic carbocycles. The predicted octanol–water partition coefficient (Wildman–Crippen LogP) is 3.28. The lowest BCUT2D eigenvalue weighted by molar-refractivity contribution is -0.128. The number of halogens is 1. The van der Waals surface area contributed by atoms with Gasteiger partial charge in [-0.2, -0.15) is 0 Å². The summed E-state index contributed by atoms with van der Waals surface area (Å²) in [5.74, 6) is 0.0367. The number of nitrogens with zero attached hydrogens (tertiary/aromatic N) is 2. The molecule has 0 saturated carbocycles. The lowest BCUT2D eigenvalue weighted by atomic mass is 9.98. The van der Waals surface area contributed by atoms with E-state index in [1.54, 1.807) is 12.0 Å². The third-order valence-corrected chi connectivity index (χ3v) is 8.32. The monoisotopic (exact) mass is 589 g/mol. The summed E-state index contributed by atoms with van der Waals surface area (Å²) in [4.78, 5) is 19.6. The van der Waals surface area contributed by atoms with Gasteiger partial charge in [0.15, 0.2) is 11.5 Å². The van der Waals surface area contributed by atoms with Gasteiger partial charge in [0.1, 0.15) is 0 Å². The molecule has 1 aromatic rings. The Morgan fingerprint density at radius 1 is 1.20 bits per heavy atom. The molecule has 1 unspecified atom stereocenters. The van der Waals surface area contributed by atoms with Crippen molar-refractivity contribution in [3.05, 3.63) is 58.6 Å². The van der Waals surface area contributed by atoms with Crippen molar-refractivity contribution in [1.29, 1.82) is 0 Å². The molecule has 11 heteroatoms. The molecular formula is C30H44ClN5O5. The summed E-state index contributed by atoms with van der Waals surface area (Å²) in [6.07, 6.45) is 6.65. The number of rotatable bonds is 11. The van der Waals surface area contributed by atoms with E-state index in [-0.39, 0.29) is 41.7 Å². The second-order valence-corrected chi connectivity index (χ2v) is 11.2. The van der Waals surface area contributed by atoms with Crippen LogP contribution in [0.5, 0.6) is 0 Å². The Balaban J connectivity index is 1.33. The number of ether oxygens (including phenoxy) is 4. The average molecular weight is 590 g/mol. The summed E-state index contributed by atoms with van der Waals surface area (Å²) in [5, 5.41) is 7.73. The van der Waals surface area contributed by atoms with Crippen molar-refractivity contribution in [3.63, 3.8) is 0 Å². The molecule has 1 amide bonds. The van der Waals surface area contributed by atoms with Crippen LogP contribution in [0.4, 0.5) is 0 Å². The normalized spacial score (nSPS) is 26.5. The quantitative estimate of drug-likeness (QED) is 0.118. The lowest BCUT2D eigenvalue weighted by Crippen LogP contribution is -2.54. The first-order chi connectivity index (χ1) is 19.9. The van der Waals surface area contributed by atoms with E-state index in [0.29, 0.717) is 43.0 Å². The van der Waals surface area contributed by atoms with Crippen molar-refractivity contribution in [2.75, 3.05) is 47.1 Å². The van der Waals surface area contributed by atoms with Gasteiger partial charge in [-0.25, -0.2) is 4.99 Å². The molecule has 0 aromatic heterocycles. The summed E-state index contributed by atoms with van der Waals surface area (Å²) < 4.78 is 23.1. The van der Waals surface area contributed by atoms with Gasteiger partial charge < -0.3 is 40.2 Å². The molecule has 4 N–H and O–H groups in total. The largest absolute Gasteiger partial charge is 0.492 e. The smallest absolute Gasteiger partial charge is 0.276 e. The maximum Gasteiger partial charge on any atom is 0.276 e. The van der Waals surface area contributed by atoms with Crippen molar-refractivity contribution in [3.8, 4) is 0 Å². The summed E-state index contributed by atoms with van der Waals surface area (Å²) in [6.45, 7) is 7.19. The molecule has 0 radical (unpaired) electrons. The number of piperidine rings is 1. The van der Waals surface area contributed by atoms with E-state index < -0.39 is 0 Å². The molecule has 3 fully saturated rings. The first-order valence-corrected chi connectivity index (χ1v) is 14.8. The summed E-state index contributed by atoms with van der Waals surface area (Å²) in [6, 6.07) is 8.35. The Bertz CT molecular complexity index is 1070. The van der Waals surface area contributed by atoms with Crippen LogP contribution in [0.25, 0.3) is 0 Å². The van der Waals surface area contributed by atoms with Gasteiger partial charge in [-0.05, 0) is 56.2 Å². The number of hydrogen-bond acceptors (Lipinski definition) is 8. The minimum absolute atomic E-state index is 0.0155. The third-order valence-electron chi connectivity index (χ3n) is 8.07. The van der Waals surface area contributed by atoms with E-state index in [0.717, 1.165) is 57.0 Å². The van der Waals surface area contributed by atoms with Gasteiger partial charge in [-0.15, -0.1) is 0 Å². The fourth-order valence-electron chi connectivity index (χ4n) is 5.77. The molecule has 41 heavy (non-hydrogen) atoms. The second kappa shape index (κ2) is 15.6. The van der Waals surface area contributed by atoms with Crippen LogP contribution < -0.4 is 16.4 Å². The van der Waals surface area contributed by atoms with Crippen molar-refractivity contribution in [2.45, 2.75) is 68.9 Å². The Kier molecular flexibility index (Phi) is 11.9. The molecule has 4 rings (SSSR count). The van der Waals surface area contributed by atoms with Crippen LogP contribution in [-0.4, -0.2) is 88.5 Å². The van der Waals surface area contributed by atoms with E-state index in [4.69, 9.17) is 36.3 Å². The van der Waals surface area contributed by atoms with Crippen LogP contribution in [-0.2, 0) is 23.7 Å². The van der Waals surface area contributed by atoms with E-state index in [1.165, 1.54) is 7.11 Å². The number of aliphatic imine (C=N–C) groups is 1. The Morgan fingerprint density at radius 2 is 1.95 bits per heavy atom. The molecule has 0 spiro atoms. The van der Waals surface area contributed by atoms with Gasteiger partial charge in [0.05, 0.1) is 44.1 Å². The van der Waals surface area contributed by atoms with Crippen molar-refractivity contribution in [1.82, 2.24) is 15.5 Å². The molecule has 1 aromatic carbocycles. The van der Waals surface area contributed by atoms with Crippen molar-refractivity contribution in [2.24, 2.45) is 10.7 Å². The number of hydrogen-bond donors (Lipinski definition) is 3. The highest BCUT2D eigenvalue weighted by Crippen LogP contribution is 2.32. The maximum atomic E-state index is 13.6. The number of carbonyl (C=O) groups is 1. The van der Waals surface area contributed by atoms with Gasteiger partial charge in [0.25, 0.3) is 5.91 Å². The van der Waals surface area contributed by atoms with Crippen LogP contribution in [0.2, 0.25) is 5.02 Å².